The van der Waals surface area contributed by atoms with Gasteiger partial charge in [-0.15, -0.1) is 0 Å². The lowest BCUT2D eigenvalue weighted by Crippen LogP contribution is -2.37. The maximum atomic E-state index is 9.36. The Balaban J connectivity index is 2.46. The molecule has 2 atom stereocenters. The fourth-order valence-electron chi connectivity index (χ4n) is 1.38. The first-order valence-electron chi connectivity index (χ1n) is 4.30. The molecule has 1 fully saturated rings. The van der Waals surface area contributed by atoms with E-state index in [4.69, 9.17) is 4.74 Å². The standard InChI is InChI=1S/C9H18O2/c1-9(2,3)8-6-7(10)4-5-11-8/h7-8,10H,4-6H2,1-3H3/t7-,8+/m0/s1. The summed E-state index contributed by atoms with van der Waals surface area (Å²) in [6.45, 7) is 7.16. The van der Waals surface area contributed by atoms with Gasteiger partial charge in [0.05, 0.1) is 12.2 Å². The zero-order chi connectivity index (χ0) is 8.48. The Kier molecular flexibility index (Phi) is 2.55. The van der Waals surface area contributed by atoms with E-state index in [1.165, 1.54) is 0 Å². The topological polar surface area (TPSA) is 29.5 Å². The van der Waals surface area contributed by atoms with Crippen LogP contribution in [0.15, 0.2) is 0 Å². The minimum Gasteiger partial charge on any atom is -0.393 e. The molecular formula is C9H18O2. The van der Waals surface area contributed by atoms with Crippen LogP contribution in [0, 0.1) is 5.41 Å². The molecule has 1 aliphatic rings. The summed E-state index contributed by atoms with van der Waals surface area (Å²) in [5, 5.41) is 9.36. The molecule has 1 N–H and O–H groups in total. The van der Waals surface area contributed by atoms with Crippen molar-refractivity contribution in [1.82, 2.24) is 0 Å². The first-order valence-corrected chi connectivity index (χ1v) is 4.30. The Morgan fingerprint density at radius 2 is 2.00 bits per heavy atom. The number of aliphatic hydroxyl groups excluding tert-OH is 1. The van der Waals surface area contributed by atoms with Crippen molar-refractivity contribution in [3.05, 3.63) is 0 Å². The molecule has 1 saturated heterocycles. The summed E-state index contributed by atoms with van der Waals surface area (Å²) in [5.41, 5.74) is 0.168. The zero-order valence-electron chi connectivity index (χ0n) is 7.63. The highest BCUT2D eigenvalue weighted by Gasteiger charge is 2.30. The van der Waals surface area contributed by atoms with E-state index in [0.29, 0.717) is 6.61 Å². The van der Waals surface area contributed by atoms with Crippen LogP contribution in [0.1, 0.15) is 33.6 Å². The number of hydrogen-bond acceptors (Lipinski definition) is 2. The van der Waals surface area contributed by atoms with Crippen LogP contribution in [0.4, 0.5) is 0 Å². The fraction of sp³-hybridized carbons (Fsp3) is 1.00. The summed E-state index contributed by atoms with van der Waals surface area (Å²) in [7, 11) is 0. The molecule has 0 spiro atoms. The molecule has 0 unspecified atom stereocenters. The molecule has 66 valence electrons. The summed E-state index contributed by atoms with van der Waals surface area (Å²) in [5.74, 6) is 0. The second-order valence-electron chi connectivity index (χ2n) is 4.40. The Hall–Kier alpha value is -0.0800. The Morgan fingerprint density at radius 3 is 2.36 bits per heavy atom. The van der Waals surface area contributed by atoms with E-state index in [0.717, 1.165) is 12.8 Å². The minimum atomic E-state index is -0.145. The molecule has 0 saturated carbocycles. The van der Waals surface area contributed by atoms with E-state index < -0.39 is 0 Å². The van der Waals surface area contributed by atoms with Gasteiger partial charge in [-0.3, -0.25) is 0 Å². The van der Waals surface area contributed by atoms with Gasteiger partial charge in [-0.2, -0.15) is 0 Å². The number of ether oxygens (including phenoxy) is 1. The first-order chi connectivity index (χ1) is 5.00. The van der Waals surface area contributed by atoms with Crippen LogP contribution in [-0.2, 0) is 4.74 Å². The lowest BCUT2D eigenvalue weighted by atomic mass is 9.84. The van der Waals surface area contributed by atoms with Crippen LogP contribution in [0.2, 0.25) is 0 Å². The average Bonchev–Trinajstić information content (AvgIpc) is 1.86. The van der Waals surface area contributed by atoms with Crippen molar-refractivity contribution in [2.45, 2.75) is 45.8 Å². The van der Waals surface area contributed by atoms with Gasteiger partial charge in [-0.1, -0.05) is 20.8 Å². The molecule has 11 heavy (non-hydrogen) atoms. The van der Waals surface area contributed by atoms with E-state index >= 15 is 0 Å². The van der Waals surface area contributed by atoms with Gasteiger partial charge in [0.2, 0.25) is 0 Å². The second-order valence-corrected chi connectivity index (χ2v) is 4.40. The third kappa shape index (κ3) is 2.46. The van der Waals surface area contributed by atoms with Crippen molar-refractivity contribution < 1.29 is 9.84 Å². The molecule has 1 heterocycles. The molecule has 0 aromatic rings. The summed E-state index contributed by atoms with van der Waals surface area (Å²) in [4.78, 5) is 0. The summed E-state index contributed by atoms with van der Waals surface area (Å²) in [6.07, 6.45) is 1.68. The van der Waals surface area contributed by atoms with Crippen molar-refractivity contribution in [2.24, 2.45) is 5.41 Å². The molecule has 1 aliphatic heterocycles. The van der Waals surface area contributed by atoms with Crippen molar-refractivity contribution in [1.29, 1.82) is 0 Å². The number of rotatable bonds is 0. The molecule has 0 bridgehead atoms. The number of hydrogen-bond donors (Lipinski definition) is 1. The van der Waals surface area contributed by atoms with Crippen LogP contribution >= 0.6 is 0 Å². The lowest BCUT2D eigenvalue weighted by molar-refractivity contribution is -0.0892. The van der Waals surface area contributed by atoms with Crippen LogP contribution in [0.25, 0.3) is 0 Å². The van der Waals surface area contributed by atoms with Gasteiger partial charge >= 0.3 is 0 Å². The molecule has 2 heteroatoms. The summed E-state index contributed by atoms with van der Waals surface area (Å²) >= 11 is 0. The van der Waals surface area contributed by atoms with E-state index in [9.17, 15) is 5.11 Å². The molecule has 0 aliphatic carbocycles. The minimum absolute atomic E-state index is 0.145. The predicted octanol–water partition coefficient (Wildman–Crippen LogP) is 1.57. The van der Waals surface area contributed by atoms with Crippen LogP contribution < -0.4 is 0 Å². The predicted molar refractivity (Wildman–Crippen MR) is 44.4 cm³/mol. The Labute approximate surface area is 68.6 Å². The third-order valence-electron chi connectivity index (χ3n) is 2.22. The molecule has 0 aromatic carbocycles. The maximum absolute atomic E-state index is 9.36. The van der Waals surface area contributed by atoms with Gasteiger partial charge in [-0.25, -0.2) is 0 Å². The van der Waals surface area contributed by atoms with E-state index in [1.807, 2.05) is 0 Å². The van der Waals surface area contributed by atoms with E-state index in [-0.39, 0.29) is 17.6 Å². The molecule has 2 nitrogen and oxygen atoms in total. The van der Waals surface area contributed by atoms with Crippen LogP contribution in [0.3, 0.4) is 0 Å². The molecular weight excluding hydrogens is 140 g/mol. The average molecular weight is 158 g/mol. The van der Waals surface area contributed by atoms with E-state index in [1.54, 1.807) is 0 Å². The quantitative estimate of drug-likeness (QED) is 0.580. The largest absolute Gasteiger partial charge is 0.393 e. The van der Waals surface area contributed by atoms with Crippen molar-refractivity contribution in [2.75, 3.05) is 6.61 Å². The summed E-state index contributed by atoms with van der Waals surface area (Å²) in [6, 6.07) is 0. The van der Waals surface area contributed by atoms with Crippen molar-refractivity contribution in [3.8, 4) is 0 Å². The monoisotopic (exact) mass is 158 g/mol. The molecule has 1 rings (SSSR count). The molecule has 0 aromatic heterocycles. The van der Waals surface area contributed by atoms with Gasteiger partial charge in [-0.05, 0) is 11.8 Å². The van der Waals surface area contributed by atoms with Gasteiger partial charge in [0.15, 0.2) is 0 Å². The first kappa shape index (κ1) is 9.01. The highest BCUT2D eigenvalue weighted by molar-refractivity contribution is 4.80. The van der Waals surface area contributed by atoms with Crippen LogP contribution in [-0.4, -0.2) is 23.9 Å². The normalized spacial score (nSPS) is 33.8. The number of aliphatic hydroxyl groups is 1. The van der Waals surface area contributed by atoms with Crippen LogP contribution in [0.5, 0.6) is 0 Å². The molecule has 0 amide bonds. The van der Waals surface area contributed by atoms with Gasteiger partial charge in [0.25, 0.3) is 0 Å². The van der Waals surface area contributed by atoms with Crippen molar-refractivity contribution >= 4 is 0 Å². The summed E-state index contributed by atoms with van der Waals surface area (Å²) < 4.78 is 5.55. The van der Waals surface area contributed by atoms with E-state index in [2.05, 4.69) is 20.8 Å². The maximum Gasteiger partial charge on any atom is 0.0648 e. The second kappa shape index (κ2) is 3.11. The Morgan fingerprint density at radius 1 is 1.36 bits per heavy atom. The van der Waals surface area contributed by atoms with Gasteiger partial charge in [0.1, 0.15) is 0 Å². The SMILES string of the molecule is CC(C)(C)[C@H]1C[C@@H](O)CCO1. The fourth-order valence-corrected chi connectivity index (χ4v) is 1.38. The van der Waals surface area contributed by atoms with Crippen molar-refractivity contribution in [3.63, 3.8) is 0 Å². The van der Waals surface area contributed by atoms with Gasteiger partial charge < -0.3 is 9.84 Å². The smallest absolute Gasteiger partial charge is 0.0648 e. The highest BCUT2D eigenvalue weighted by atomic mass is 16.5. The van der Waals surface area contributed by atoms with Gasteiger partial charge in [0, 0.05) is 13.0 Å². The lowest BCUT2D eigenvalue weighted by Gasteiger charge is -2.35. The third-order valence-corrected chi connectivity index (χ3v) is 2.22. The highest BCUT2D eigenvalue weighted by Crippen LogP contribution is 2.29. The Bertz CT molecular complexity index is 126. The zero-order valence-corrected chi connectivity index (χ0v) is 7.63. The molecule has 0 radical (unpaired) electrons.